The zero-order valence-electron chi connectivity index (χ0n) is 19.9. The maximum Gasteiger partial charge on any atom is 0.225 e. The lowest BCUT2D eigenvalue weighted by molar-refractivity contribution is -0.128. The Bertz CT molecular complexity index is 916. The minimum Gasteiger partial charge on any atom is -0.367 e. The van der Waals surface area contributed by atoms with E-state index in [1.54, 1.807) is 4.90 Å². The maximum absolute atomic E-state index is 12.4. The Balaban J connectivity index is 1.52. The van der Waals surface area contributed by atoms with Gasteiger partial charge in [-0.05, 0) is 76.6 Å². The van der Waals surface area contributed by atoms with Crippen molar-refractivity contribution < 1.29 is 9.59 Å². The van der Waals surface area contributed by atoms with Crippen LogP contribution in [-0.2, 0) is 16.1 Å². The number of hydrogen-bond acceptors (Lipinski definition) is 4. The number of amides is 2. The summed E-state index contributed by atoms with van der Waals surface area (Å²) in [5.41, 5.74) is 4.35. The molecule has 1 aliphatic heterocycles. The minimum atomic E-state index is -0.242. The molecule has 0 spiro atoms. The van der Waals surface area contributed by atoms with E-state index in [4.69, 9.17) is 0 Å². The molecule has 172 valence electrons. The van der Waals surface area contributed by atoms with Crippen LogP contribution in [-0.4, -0.2) is 41.9 Å². The first-order valence-corrected chi connectivity index (χ1v) is 11.5. The molecule has 0 saturated carbocycles. The predicted octanol–water partition coefficient (Wildman–Crippen LogP) is 4.54. The third-order valence-electron chi connectivity index (χ3n) is 5.98. The molecule has 32 heavy (non-hydrogen) atoms. The van der Waals surface area contributed by atoms with Crippen molar-refractivity contribution in [2.45, 2.75) is 53.1 Å². The van der Waals surface area contributed by atoms with Crippen molar-refractivity contribution in [2.24, 2.45) is 5.92 Å². The molecule has 1 saturated heterocycles. The predicted molar refractivity (Wildman–Crippen MR) is 131 cm³/mol. The van der Waals surface area contributed by atoms with E-state index in [0.717, 1.165) is 23.5 Å². The third-order valence-corrected chi connectivity index (χ3v) is 5.98. The number of hydrogen-bond donors (Lipinski definition) is 2. The van der Waals surface area contributed by atoms with Gasteiger partial charge in [0.1, 0.15) is 0 Å². The molecule has 1 atom stereocenters. The lowest BCUT2D eigenvalue weighted by Crippen LogP contribution is -2.41. The first-order valence-electron chi connectivity index (χ1n) is 11.5. The average molecular weight is 437 g/mol. The topological polar surface area (TPSA) is 64.7 Å². The van der Waals surface area contributed by atoms with Crippen LogP contribution in [0.15, 0.2) is 48.5 Å². The van der Waals surface area contributed by atoms with Crippen LogP contribution in [0.1, 0.15) is 46.6 Å². The lowest BCUT2D eigenvalue weighted by atomic mass is 10.0. The zero-order chi connectivity index (χ0) is 23.3. The van der Waals surface area contributed by atoms with Gasteiger partial charge >= 0.3 is 0 Å². The molecule has 2 aromatic carbocycles. The second-order valence-corrected chi connectivity index (χ2v) is 9.34. The molecule has 0 bridgehead atoms. The normalized spacial score (nSPS) is 16.2. The molecular formula is C26H36N4O2. The van der Waals surface area contributed by atoms with Crippen LogP contribution in [0.5, 0.6) is 0 Å². The maximum atomic E-state index is 12.4. The van der Waals surface area contributed by atoms with Gasteiger partial charge in [0.2, 0.25) is 11.8 Å². The second-order valence-electron chi connectivity index (χ2n) is 9.34. The second kappa shape index (κ2) is 10.1. The van der Waals surface area contributed by atoms with Crippen LogP contribution >= 0.6 is 0 Å². The summed E-state index contributed by atoms with van der Waals surface area (Å²) in [6.07, 6.45) is 0.313. The smallest absolute Gasteiger partial charge is 0.225 e. The average Bonchev–Trinajstić information content (AvgIpc) is 3.14. The summed E-state index contributed by atoms with van der Waals surface area (Å²) >= 11 is 0. The van der Waals surface area contributed by atoms with Crippen LogP contribution in [0.2, 0.25) is 0 Å². The highest BCUT2D eigenvalue weighted by molar-refractivity contribution is 5.89. The van der Waals surface area contributed by atoms with Crippen molar-refractivity contribution in [3.8, 4) is 0 Å². The van der Waals surface area contributed by atoms with E-state index < -0.39 is 0 Å². The van der Waals surface area contributed by atoms with Gasteiger partial charge in [-0.1, -0.05) is 12.1 Å². The van der Waals surface area contributed by atoms with E-state index in [9.17, 15) is 9.59 Å². The molecule has 2 aromatic rings. The third kappa shape index (κ3) is 5.81. The van der Waals surface area contributed by atoms with Gasteiger partial charge in [-0.2, -0.15) is 0 Å². The van der Waals surface area contributed by atoms with E-state index in [2.05, 4.69) is 67.5 Å². The molecular weight excluding hydrogens is 400 g/mol. The molecule has 2 amide bonds. The lowest BCUT2D eigenvalue weighted by Gasteiger charge is -2.37. The van der Waals surface area contributed by atoms with Gasteiger partial charge in [0.25, 0.3) is 0 Å². The number of rotatable bonds is 8. The number of carbonyl (C=O) groups excluding carboxylic acids is 2. The van der Waals surface area contributed by atoms with Gasteiger partial charge in [-0.3, -0.25) is 9.59 Å². The largest absolute Gasteiger partial charge is 0.367 e. The highest BCUT2D eigenvalue weighted by atomic mass is 16.2. The Morgan fingerprint density at radius 1 is 1.03 bits per heavy atom. The van der Waals surface area contributed by atoms with E-state index in [1.807, 2.05) is 31.2 Å². The molecule has 6 heteroatoms. The molecule has 1 aliphatic rings. The van der Waals surface area contributed by atoms with Crippen LogP contribution in [0, 0.1) is 5.92 Å². The summed E-state index contributed by atoms with van der Waals surface area (Å²) in [7, 11) is 0. The van der Waals surface area contributed by atoms with Crippen molar-refractivity contribution in [3.05, 3.63) is 54.1 Å². The van der Waals surface area contributed by atoms with E-state index >= 15 is 0 Å². The first-order chi connectivity index (χ1) is 15.2. The fourth-order valence-electron chi connectivity index (χ4n) is 4.23. The number of carbonyl (C=O) groups is 2. The van der Waals surface area contributed by atoms with Gasteiger partial charge in [-0.15, -0.1) is 0 Å². The number of benzene rings is 2. The van der Waals surface area contributed by atoms with Crippen molar-refractivity contribution in [2.75, 3.05) is 29.9 Å². The molecule has 1 unspecified atom stereocenters. The fourth-order valence-corrected chi connectivity index (χ4v) is 4.23. The molecule has 1 heterocycles. The monoisotopic (exact) mass is 436 g/mol. The number of nitrogens with zero attached hydrogens (tertiary/aromatic N) is 2. The van der Waals surface area contributed by atoms with Gasteiger partial charge in [0.15, 0.2) is 0 Å². The Morgan fingerprint density at radius 2 is 1.62 bits per heavy atom. The Kier molecular flexibility index (Phi) is 7.44. The quantitative estimate of drug-likeness (QED) is 0.638. The van der Waals surface area contributed by atoms with Crippen LogP contribution in [0.3, 0.4) is 0 Å². The minimum absolute atomic E-state index is 0.0482. The summed E-state index contributed by atoms with van der Waals surface area (Å²) in [4.78, 5) is 28.3. The van der Waals surface area contributed by atoms with Crippen molar-refractivity contribution in [1.29, 1.82) is 0 Å². The van der Waals surface area contributed by atoms with Crippen LogP contribution < -0.4 is 15.5 Å². The molecule has 1 fully saturated rings. The standard InChI is InChI=1S/C26H36N4O2/c1-6-29-18-20(16-24(29)31)25(32)27-17-19-8-10-21(11-9-19)28-22-12-14-23(15-13-22)30(7-2)26(3,4)5/h8-15,20,28H,6-7,16-18H2,1-5H3,(H,27,32). The number of anilines is 3. The summed E-state index contributed by atoms with van der Waals surface area (Å²) in [6, 6.07) is 16.5. The summed E-state index contributed by atoms with van der Waals surface area (Å²) in [5.74, 6) is -0.224. The Hall–Kier alpha value is -3.02. The van der Waals surface area contributed by atoms with E-state index in [1.165, 1.54) is 5.69 Å². The molecule has 2 N–H and O–H groups in total. The van der Waals surface area contributed by atoms with Gasteiger partial charge < -0.3 is 20.4 Å². The van der Waals surface area contributed by atoms with Crippen molar-refractivity contribution >= 4 is 28.9 Å². The SMILES string of the molecule is CCN1CC(C(=O)NCc2ccc(Nc3ccc(N(CC)C(C)(C)C)cc3)cc2)CC1=O. The Labute approximate surface area is 192 Å². The summed E-state index contributed by atoms with van der Waals surface area (Å²) in [5, 5.41) is 6.40. The molecule has 0 aromatic heterocycles. The zero-order valence-corrected chi connectivity index (χ0v) is 19.9. The van der Waals surface area contributed by atoms with Gasteiger partial charge in [-0.25, -0.2) is 0 Å². The molecule has 0 radical (unpaired) electrons. The van der Waals surface area contributed by atoms with E-state index in [-0.39, 0.29) is 23.3 Å². The molecule has 6 nitrogen and oxygen atoms in total. The van der Waals surface area contributed by atoms with Gasteiger partial charge in [0.05, 0.1) is 5.92 Å². The summed E-state index contributed by atoms with van der Waals surface area (Å²) < 4.78 is 0. The number of likely N-dealkylation sites (tertiary alicyclic amines) is 1. The number of nitrogens with one attached hydrogen (secondary N) is 2. The van der Waals surface area contributed by atoms with Crippen molar-refractivity contribution in [3.63, 3.8) is 0 Å². The van der Waals surface area contributed by atoms with E-state index in [0.29, 0.717) is 26.1 Å². The molecule has 3 rings (SSSR count). The fraction of sp³-hybridized carbons (Fsp3) is 0.462. The van der Waals surface area contributed by atoms with Crippen LogP contribution in [0.25, 0.3) is 0 Å². The van der Waals surface area contributed by atoms with Crippen LogP contribution in [0.4, 0.5) is 17.1 Å². The van der Waals surface area contributed by atoms with Crippen molar-refractivity contribution in [1.82, 2.24) is 10.2 Å². The summed E-state index contributed by atoms with van der Waals surface area (Å²) in [6.45, 7) is 13.4. The molecule has 0 aliphatic carbocycles. The highest BCUT2D eigenvalue weighted by Gasteiger charge is 2.33. The Morgan fingerprint density at radius 3 is 2.12 bits per heavy atom. The van der Waals surface area contributed by atoms with Gasteiger partial charge in [0, 0.05) is 55.2 Å². The first kappa shape index (κ1) is 23.6. The highest BCUT2D eigenvalue weighted by Crippen LogP contribution is 2.26.